The van der Waals surface area contributed by atoms with Crippen molar-refractivity contribution in [3.8, 4) is 0 Å². The predicted molar refractivity (Wildman–Crippen MR) is 163 cm³/mol. The van der Waals surface area contributed by atoms with Crippen LogP contribution in [-0.2, 0) is 21.8 Å². The Morgan fingerprint density at radius 1 is 1.14 bits per heavy atom. The lowest BCUT2D eigenvalue weighted by atomic mass is 9.59. The molecule has 1 spiro atoms. The number of alkyl halides is 3. The lowest BCUT2D eigenvalue weighted by molar-refractivity contribution is -0.137. The van der Waals surface area contributed by atoms with Gasteiger partial charge in [-0.25, -0.2) is 4.39 Å². The van der Waals surface area contributed by atoms with Gasteiger partial charge in [0, 0.05) is 28.1 Å². The molecule has 4 nitrogen and oxygen atoms in total. The number of aliphatic hydroxyl groups is 1. The van der Waals surface area contributed by atoms with Crippen molar-refractivity contribution in [2.45, 2.75) is 116 Å². The third-order valence-corrected chi connectivity index (χ3v) is 14.7. The zero-order chi connectivity index (χ0) is 31.5. The molecular weight excluding hydrogens is 574 g/mol. The molecule has 0 amide bonds. The number of pyridine rings is 1. The maximum Gasteiger partial charge on any atom is 0.416 e. The summed E-state index contributed by atoms with van der Waals surface area (Å²) in [6.45, 7) is 16.0. The fourth-order valence-electron chi connectivity index (χ4n) is 6.68. The van der Waals surface area contributed by atoms with Gasteiger partial charge in [0.25, 0.3) is 0 Å². The molecule has 1 aromatic carbocycles. The fourth-order valence-corrected chi connectivity index (χ4v) is 7.94. The van der Waals surface area contributed by atoms with Gasteiger partial charge in [0.2, 0.25) is 0 Å². The standard InChI is InChI=1S/C34H45F4NO3Si/c1-20(2)30-29(31(40)23-10-9-22(17-24(23)35)34(36,37)38)27(21-11-15-41-16-12-21)28-25(39-30)18-33(13-8-14-33)19-26(28)42-43(6,7)32(3,4)5/h9-11,17,20,26,31,40H,8,12-16,18-19H2,1-7H3/t26-,31-/m0/s1. The minimum Gasteiger partial charge on any atom is -0.410 e. The Morgan fingerprint density at radius 2 is 1.84 bits per heavy atom. The molecule has 0 unspecified atom stereocenters. The number of halogens is 4. The number of hydrogen-bond donors (Lipinski definition) is 1. The Hall–Kier alpha value is -2.07. The summed E-state index contributed by atoms with van der Waals surface area (Å²) in [5, 5.41) is 11.9. The van der Waals surface area contributed by atoms with Crippen LogP contribution in [0.5, 0.6) is 0 Å². The van der Waals surface area contributed by atoms with Gasteiger partial charge in [0.1, 0.15) is 11.9 Å². The number of rotatable bonds is 6. The van der Waals surface area contributed by atoms with Crippen LogP contribution < -0.4 is 0 Å². The summed E-state index contributed by atoms with van der Waals surface area (Å²) >= 11 is 0. The minimum atomic E-state index is -4.69. The second-order valence-corrected chi connectivity index (χ2v) is 19.3. The van der Waals surface area contributed by atoms with Crippen LogP contribution in [0, 0.1) is 11.2 Å². The number of hydrogen-bond acceptors (Lipinski definition) is 4. The van der Waals surface area contributed by atoms with Crippen molar-refractivity contribution in [1.29, 1.82) is 0 Å². The van der Waals surface area contributed by atoms with Gasteiger partial charge in [-0.15, -0.1) is 0 Å². The largest absolute Gasteiger partial charge is 0.416 e. The number of aromatic nitrogens is 1. The zero-order valence-corrected chi connectivity index (χ0v) is 27.4. The summed E-state index contributed by atoms with van der Waals surface area (Å²) < 4.78 is 68.4. The molecule has 0 bridgehead atoms. The van der Waals surface area contributed by atoms with Crippen molar-refractivity contribution < 1.29 is 31.8 Å². The highest BCUT2D eigenvalue weighted by Gasteiger charge is 2.49. The highest BCUT2D eigenvalue weighted by Crippen LogP contribution is 2.57. The Bertz CT molecular complexity index is 1410. The average molecular weight is 620 g/mol. The monoisotopic (exact) mass is 619 g/mol. The summed E-state index contributed by atoms with van der Waals surface area (Å²) in [7, 11) is -2.26. The van der Waals surface area contributed by atoms with Crippen LogP contribution in [0.1, 0.15) is 124 Å². The molecule has 2 aromatic rings. The Kier molecular flexibility index (Phi) is 8.55. The molecule has 1 aromatic heterocycles. The van der Waals surface area contributed by atoms with Crippen molar-refractivity contribution in [3.05, 3.63) is 69.3 Å². The lowest BCUT2D eigenvalue weighted by Crippen LogP contribution is -2.46. The third-order valence-electron chi connectivity index (χ3n) is 10.2. The van der Waals surface area contributed by atoms with E-state index in [-0.39, 0.29) is 28.0 Å². The summed E-state index contributed by atoms with van der Waals surface area (Å²) in [6, 6.07) is 2.36. The van der Waals surface area contributed by atoms with Crippen LogP contribution in [0.15, 0.2) is 24.3 Å². The first kappa shape index (κ1) is 32.3. The van der Waals surface area contributed by atoms with Crippen LogP contribution in [-0.4, -0.2) is 31.6 Å². The van der Waals surface area contributed by atoms with E-state index in [1.165, 1.54) is 6.42 Å². The molecule has 2 atom stereocenters. The minimum absolute atomic E-state index is 0.0352. The van der Waals surface area contributed by atoms with E-state index < -0.39 is 32.0 Å². The first-order chi connectivity index (χ1) is 19.9. The molecule has 3 aliphatic rings. The van der Waals surface area contributed by atoms with Crippen molar-refractivity contribution in [1.82, 2.24) is 4.98 Å². The van der Waals surface area contributed by atoms with Gasteiger partial charge in [-0.2, -0.15) is 13.2 Å². The number of fused-ring (bicyclic) bond motifs is 1. The van der Waals surface area contributed by atoms with Crippen molar-refractivity contribution in [3.63, 3.8) is 0 Å². The maximum atomic E-state index is 15.4. The zero-order valence-electron chi connectivity index (χ0n) is 26.4. The van der Waals surface area contributed by atoms with Crippen molar-refractivity contribution in [2.75, 3.05) is 13.2 Å². The molecule has 1 aliphatic heterocycles. The summed E-state index contributed by atoms with van der Waals surface area (Å²) in [5.74, 6) is -1.21. The maximum absolute atomic E-state index is 15.4. The van der Waals surface area contributed by atoms with Gasteiger partial charge in [-0.05, 0) is 84.8 Å². The van der Waals surface area contributed by atoms with Crippen LogP contribution in [0.25, 0.3) is 5.57 Å². The van der Waals surface area contributed by atoms with Crippen LogP contribution in [0.4, 0.5) is 17.6 Å². The van der Waals surface area contributed by atoms with Gasteiger partial charge < -0.3 is 14.3 Å². The summed E-state index contributed by atoms with van der Waals surface area (Å²) in [5.41, 5.74) is 3.70. The molecule has 1 fully saturated rings. The first-order valence-electron chi connectivity index (χ1n) is 15.5. The number of nitrogens with zero attached hydrogens (tertiary/aromatic N) is 1. The molecular formula is C34H45F4NO3Si. The Labute approximate surface area is 254 Å². The second kappa shape index (κ2) is 11.4. The number of benzene rings is 1. The first-order valence-corrected chi connectivity index (χ1v) is 18.4. The molecule has 0 radical (unpaired) electrons. The van der Waals surface area contributed by atoms with Gasteiger partial charge in [-0.1, -0.05) is 53.2 Å². The smallest absolute Gasteiger partial charge is 0.410 e. The van der Waals surface area contributed by atoms with Gasteiger partial charge in [0.05, 0.1) is 24.9 Å². The fraction of sp³-hybridized carbons (Fsp3) is 0.618. The normalized spacial score (nSPS) is 21.4. The number of ether oxygens (including phenoxy) is 1. The van der Waals surface area contributed by atoms with E-state index in [2.05, 4.69) is 33.9 Å². The van der Waals surface area contributed by atoms with Gasteiger partial charge >= 0.3 is 6.18 Å². The average Bonchev–Trinajstić information content (AvgIpc) is 2.89. The highest BCUT2D eigenvalue weighted by molar-refractivity contribution is 6.74. The van der Waals surface area contributed by atoms with E-state index in [1.54, 1.807) is 0 Å². The van der Waals surface area contributed by atoms with E-state index in [0.717, 1.165) is 60.2 Å². The van der Waals surface area contributed by atoms with Gasteiger partial charge in [-0.3, -0.25) is 4.98 Å². The molecule has 1 saturated carbocycles. The van der Waals surface area contributed by atoms with Crippen molar-refractivity contribution >= 4 is 13.9 Å². The molecule has 43 heavy (non-hydrogen) atoms. The topological polar surface area (TPSA) is 51.6 Å². The van der Waals surface area contributed by atoms with Gasteiger partial charge in [0.15, 0.2) is 8.32 Å². The van der Waals surface area contributed by atoms with E-state index in [4.69, 9.17) is 14.1 Å². The molecule has 5 rings (SSSR count). The molecule has 2 heterocycles. The Balaban J connectivity index is 1.78. The van der Waals surface area contributed by atoms with E-state index in [9.17, 15) is 18.3 Å². The SMILES string of the molecule is CC(C)c1nc2c(c(C3=CCOCC3)c1[C@@H](O)c1ccc(C(F)(F)F)cc1F)[C@@H](O[Si](C)(C)C(C)(C)C)CC1(CCC1)C2. The lowest BCUT2D eigenvalue weighted by Gasteiger charge is -2.51. The van der Waals surface area contributed by atoms with E-state index >= 15 is 4.39 Å². The van der Waals surface area contributed by atoms with E-state index in [0.29, 0.717) is 37.0 Å². The predicted octanol–water partition coefficient (Wildman–Crippen LogP) is 9.43. The third kappa shape index (κ3) is 6.11. The molecule has 236 valence electrons. The number of aliphatic hydroxyl groups excluding tert-OH is 1. The second-order valence-electron chi connectivity index (χ2n) is 14.6. The van der Waals surface area contributed by atoms with Crippen LogP contribution in [0.3, 0.4) is 0 Å². The molecule has 2 aliphatic carbocycles. The highest BCUT2D eigenvalue weighted by atomic mass is 28.4. The van der Waals surface area contributed by atoms with Crippen molar-refractivity contribution in [2.24, 2.45) is 5.41 Å². The van der Waals surface area contributed by atoms with Crippen LogP contribution >= 0.6 is 0 Å². The summed E-state index contributed by atoms with van der Waals surface area (Å²) in [6.07, 6.45) is 1.26. The molecule has 0 saturated heterocycles. The van der Waals surface area contributed by atoms with Crippen LogP contribution in [0.2, 0.25) is 18.1 Å². The summed E-state index contributed by atoms with van der Waals surface area (Å²) in [4.78, 5) is 5.24. The Morgan fingerprint density at radius 3 is 2.35 bits per heavy atom. The quantitative estimate of drug-likeness (QED) is 0.259. The molecule has 9 heteroatoms. The molecule has 1 N–H and O–H groups in total. The van der Waals surface area contributed by atoms with E-state index in [1.807, 2.05) is 19.9 Å².